The number of nitrogens with one attached hydrogen (secondary N) is 2. The monoisotopic (exact) mass is 343 g/mol. The lowest BCUT2D eigenvalue weighted by atomic mass is 9.97. The Morgan fingerprint density at radius 2 is 1.88 bits per heavy atom. The fraction of sp³-hybridized carbons (Fsp3) is 0.467. The van der Waals surface area contributed by atoms with Crippen LogP contribution in [-0.2, 0) is 0 Å². The topological polar surface area (TPSA) is 90.9 Å². The van der Waals surface area contributed by atoms with E-state index < -0.39 is 18.7 Å². The number of hydrogen-bond acceptors (Lipinski definition) is 3. The molecular weight excluding hydrogens is 324 g/mol. The average molecular weight is 343 g/mol. The van der Waals surface area contributed by atoms with E-state index in [2.05, 4.69) is 15.4 Å². The molecule has 0 saturated carbocycles. The smallest absolute Gasteiger partial charge is 0.407 e. The highest BCUT2D eigenvalue weighted by Crippen LogP contribution is 2.18. The van der Waals surface area contributed by atoms with Gasteiger partial charge >= 0.3 is 18.7 Å². The number of anilines is 1. The number of carboxylic acid groups (broad SMARTS) is 1. The second-order valence-corrected chi connectivity index (χ2v) is 5.45. The molecule has 24 heavy (non-hydrogen) atoms. The summed E-state index contributed by atoms with van der Waals surface area (Å²) < 4.78 is 28.3. The van der Waals surface area contributed by atoms with Crippen molar-refractivity contribution in [2.75, 3.05) is 25.0 Å². The van der Waals surface area contributed by atoms with E-state index in [1.807, 2.05) is 0 Å². The zero-order valence-electron chi connectivity index (χ0n) is 12.9. The van der Waals surface area contributed by atoms with Crippen LogP contribution in [0.15, 0.2) is 24.3 Å². The van der Waals surface area contributed by atoms with Gasteiger partial charge in [0.05, 0.1) is 0 Å². The maximum Gasteiger partial charge on any atom is 0.407 e. The largest absolute Gasteiger partial charge is 0.465 e. The molecule has 1 aliphatic heterocycles. The summed E-state index contributed by atoms with van der Waals surface area (Å²) in [5.74, 6) is 0.245. The predicted molar refractivity (Wildman–Crippen MR) is 82.4 cm³/mol. The summed E-state index contributed by atoms with van der Waals surface area (Å²) in [5, 5.41) is 14.2. The van der Waals surface area contributed by atoms with Crippen molar-refractivity contribution < 1.29 is 28.2 Å². The number of hydrogen-bond donors (Lipinski definition) is 3. The van der Waals surface area contributed by atoms with Crippen LogP contribution in [0.3, 0.4) is 0 Å². The molecule has 0 atom stereocenters. The van der Waals surface area contributed by atoms with Gasteiger partial charge in [0, 0.05) is 25.3 Å². The van der Waals surface area contributed by atoms with Crippen molar-refractivity contribution in [1.82, 2.24) is 10.2 Å². The fourth-order valence-corrected chi connectivity index (χ4v) is 2.46. The third-order valence-corrected chi connectivity index (χ3v) is 3.77. The van der Waals surface area contributed by atoms with Gasteiger partial charge in [0.1, 0.15) is 5.75 Å². The second kappa shape index (κ2) is 8.32. The minimum absolute atomic E-state index is 0.0150. The van der Waals surface area contributed by atoms with E-state index in [0.717, 1.165) is 0 Å². The molecule has 2 rings (SSSR count). The first kappa shape index (κ1) is 17.8. The number of nitrogens with zero attached hydrogens (tertiary/aromatic N) is 1. The number of halogens is 2. The van der Waals surface area contributed by atoms with Crippen LogP contribution in [0.1, 0.15) is 12.8 Å². The Morgan fingerprint density at radius 3 is 2.42 bits per heavy atom. The Labute approximate surface area is 137 Å². The van der Waals surface area contributed by atoms with Crippen LogP contribution >= 0.6 is 0 Å². The van der Waals surface area contributed by atoms with Crippen LogP contribution in [0.25, 0.3) is 0 Å². The van der Waals surface area contributed by atoms with Gasteiger partial charge in [0.25, 0.3) is 0 Å². The van der Waals surface area contributed by atoms with Crippen LogP contribution in [0, 0.1) is 5.92 Å². The molecule has 1 aliphatic rings. The van der Waals surface area contributed by atoms with Gasteiger partial charge in [-0.1, -0.05) is 0 Å². The molecule has 0 bridgehead atoms. The number of ether oxygens (including phenoxy) is 1. The Balaban J connectivity index is 1.71. The molecular formula is C15H19F2N3O4. The zero-order valence-corrected chi connectivity index (χ0v) is 12.9. The Bertz CT molecular complexity index is 560. The molecule has 0 aliphatic carbocycles. The highest BCUT2D eigenvalue weighted by Gasteiger charge is 2.22. The maximum absolute atomic E-state index is 12.0. The van der Waals surface area contributed by atoms with Gasteiger partial charge in [-0.15, -0.1) is 0 Å². The number of rotatable bonds is 5. The summed E-state index contributed by atoms with van der Waals surface area (Å²) in [6, 6.07) is 5.19. The normalized spacial score (nSPS) is 15.2. The second-order valence-electron chi connectivity index (χ2n) is 5.45. The highest BCUT2D eigenvalue weighted by atomic mass is 19.3. The first-order valence-electron chi connectivity index (χ1n) is 7.51. The lowest BCUT2D eigenvalue weighted by molar-refractivity contribution is -0.0498. The maximum atomic E-state index is 12.0. The number of piperidine rings is 1. The van der Waals surface area contributed by atoms with E-state index in [9.17, 15) is 18.4 Å². The van der Waals surface area contributed by atoms with Gasteiger partial charge in [-0.3, -0.25) is 0 Å². The summed E-state index contributed by atoms with van der Waals surface area (Å²) in [5.41, 5.74) is 0.454. The van der Waals surface area contributed by atoms with Gasteiger partial charge < -0.3 is 25.4 Å². The van der Waals surface area contributed by atoms with Gasteiger partial charge in [0.15, 0.2) is 0 Å². The lowest BCUT2D eigenvalue weighted by Gasteiger charge is -2.29. The molecule has 1 aromatic rings. The van der Waals surface area contributed by atoms with Gasteiger partial charge in [-0.2, -0.15) is 8.78 Å². The van der Waals surface area contributed by atoms with Crippen LogP contribution in [0.4, 0.5) is 24.1 Å². The molecule has 132 valence electrons. The number of urea groups is 1. The van der Waals surface area contributed by atoms with E-state index in [0.29, 0.717) is 38.2 Å². The Hall–Kier alpha value is -2.58. The quantitative estimate of drug-likeness (QED) is 0.767. The third kappa shape index (κ3) is 5.56. The van der Waals surface area contributed by atoms with Crippen molar-refractivity contribution in [2.24, 2.45) is 5.92 Å². The average Bonchev–Trinajstić information content (AvgIpc) is 2.54. The number of alkyl halides is 2. The summed E-state index contributed by atoms with van der Waals surface area (Å²) in [4.78, 5) is 24.0. The standard InChI is InChI=1S/C15H19F2N3O4/c16-13(17)24-12-3-1-11(2-4-12)19-14(21)18-9-10-5-7-20(8-6-10)15(22)23/h1-4,10,13H,5-9H2,(H,22,23)(H2,18,19,21). The van der Waals surface area contributed by atoms with Crippen molar-refractivity contribution in [3.63, 3.8) is 0 Å². The van der Waals surface area contributed by atoms with Crippen molar-refractivity contribution in [3.05, 3.63) is 24.3 Å². The van der Waals surface area contributed by atoms with E-state index in [-0.39, 0.29) is 11.7 Å². The first-order chi connectivity index (χ1) is 11.4. The Kier molecular flexibility index (Phi) is 6.16. The number of carbonyl (C=O) groups excluding carboxylic acids is 1. The lowest BCUT2D eigenvalue weighted by Crippen LogP contribution is -2.41. The summed E-state index contributed by atoms with van der Waals surface area (Å²) in [7, 11) is 0. The molecule has 1 fully saturated rings. The molecule has 0 spiro atoms. The first-order valence-corrected chi connectivity index (χ1v) is 7.51. The molecule has 3 N–H and O–H groups in total. The predicted octanol–water partition coefficient (Wildman–Crippen LogP) is 2.80. The van der Waals surface area contributed by atoms with Crippen molar-refractivity contribution in [2.45, 2.75) is 19.5 Å². The molecule has 0 aromatic heterocycles. The van der Waals surface area contributed by atoms with Crippen LogP contribution < -0.4 is 15.4 Å². The van der Waals surface area contributed by atoms with Crippen molar-refractivity contribution in [3.8, 4) is 5.75 Å². The van der Waals surface area contributed by atoms with Crippen LogP contribution in [0.2, 0.25) is 0 Å². The van der Waals surface area contributed by atoms with Crippen LogP contribution in [0.5, 0.6) is 5.75 Å². The van der Waals surface area contributed by atoms with Gasteiger partial charge in [0.2, 0.25) is 0 Å². The molecule has 0 radical (unpaired) electrons. The third-order valence-electron chi connectivity index (χ3n) is 3.77. The van der Waals surface area contributed by atoms with Crippen molar-refractivity contribution >= 4 is 17.8 Å². The molecule has 7 nitrogen and oxygen atoms in total. The number of benzene rings is 1. The molecule has 1 saturated heterocycles. The zero-order chi connectivity index (χ0) is 17.5. The van der Waals surface area contributed by atoms with E-state index >= 15 is 0 Å². The number of likely N-dealkylation sites (tertiary alicyclic amines) is 1. The molecule has 0 unspecified atom stereocenters. The van der Waals surface area contributed by atoms with E-state index in [1.54, 1.807) is 0 Å². The minimum Gasteiger partial charge on any atom is -0.465 e. The number of amides is 3. The molecule has 1 aromatic carbocycles. The van der Waals surface area contributed by atoms with Crippen molar-refractivity contribution in [1.29, 1.82) is 0 Å². The SMILES string of the molecule is O=C(NCC1CCN(C(=O)O)CC1)Nc1ccc(OC(F)F)cc1. The summed E-state index contributed by atoms with van der Waals surface area (Å²) >= 11 is 0. The van der Waals surface area contributed by atoms with Gasteiger partial charge in [-0.25, -0.2) is 9.59 Å². The van der Waals surface area contributed by atoms with E-state index in [4.69, 9.17) is 5.11 Å². The van der Waals surface area contributed by atoms with Gasteiger partial charge in [-0.05, 0) is 43.0 Å². The molecule has 3 amide bonds. The summed E-state index contributed by atoms with van der Waals surface area (Å²) in [6.07, 6.45) is 0.483. The van der Waals surface area contributed by atoms with E-state index in [1.165, 1.54) is 29.2 Å². The fourth-order valence-electron chi connectivity index (χ4n) is 2.46. The molecule has 9 heteroatoms. The number of carbonyl (C=O) groups is 2. The van der Waals surface area contributed by atoms with Crippen LogP contribution in [-0.4, -0.2) is 48.4 Å². The minimum atomic E-state index is -2.89. The molecule has 1 heterocycles. The Morgan fingerprint density at radius 1 is 1.25 bits per heavy atom. The highest BCUT2D eigenvalue weighted by molar-refractivity contribution is 5.89. The summed E-state index contributed by atoms with van der Waals surface area (Å²) in [6.45, 7) is -1.50.